The number of amidine groups is 1. The van der Waals surface area contributed by atoms with Crippen LogP contribution in [0, 0.1) is 0 Å². The smallest absolute Gasteiger partial charge is 0.277 e. The number of aliphatic imine (C=N–C) groups is 1. The summed E-state index contributed by atoms with van der Waals surface area (Å²) in [6.45, 7) is 2.29. The Morgan fingerprint density at radius 2 is 2.24 bits per heavy atom. The van der Waals surface area contributed by atoms with Gasteiger partial charge in [-0.25, -0.2) is 4.99 Å². The molecular weight excluding hydrogens is 270 g/mol. The molecule has 0 atom stereocenters. The first kappa shape index (κ1) is 14.6. The van der Waals surface area contributed by atoms with E-state index >= 15 is 0 Å². The van der Waals surface area contributed by atoms with E-state index in [9.17, 15) is 4.79 Å². The van der Waals surface area contributed by atoms with Crippen LogP contribution in [0.3, 0.4) is 0 Å². The third kappa shape index (κ3) is 3.21. The van der Waals surface area contributed by atoms with Crippen LogP contribution in [0.4, 0.5) is 0 Å². The fourth-order valence-electron chi connectivity index (χ4n) is 2.05. The van der Waals surface area contributed by atoms with Crippen LogP contribution in [0.25, 0.3) is 16.5 Å². The molecule has 1 aliphatic heterocycles. The zero-order valence-corrected chi connectivity index (χ0v) is 11.9. The minimum absolute atomic E-state index is 0.202. The van der Waals surface area contributed by atoms with Crippen LogP contribution in [0.15, 0.2) is 40.1 Å². The maximum atomic E-state index is 12.3. The molecule has 0 bridgehead atoms. The second-order valence-electron chi connectivity index (χ2n) is 4.34. The normalized spacial score (nSPS) is 15.9. The monoisotopic (exact) mass is 285 g/mol. The molecule has 1 amide bonds. The van der Waals surface area contributed by atoms with Gasteiger partial charge in [-0.15, -0.1) is 0 Å². The van der Waals surface area contributed by atoms with E-state index < -0.39 is 0 Å². The van der Waals surface area contributed by atoms with Crippen LogP contribution in [0.1, 0.15) is 12.5 Å². The molecule has 0 spiro atoms. The Kier molecular flexibility index (Phi) is 4.58. The molecule has 0 unspecified atom stereocenters. The Hall–Kier alpha value is -2.79. The molecule has 0 saturated carbocycles. The number of amides is 1. The van der Waals surface area contributed by atoms with Gasteiger partial charge in [-0.3, -0.25) is 9.69 Å². The SMILES string of the molecule is COc1ccccc1/C=C1\N=C(C)N(CCN=[N+]=[N-])C1=O. The van der Waals surface area contributed by atoms with E-state index in [1.165, 1.54) is 4.90 Å². The zero-order chi connectivity index (χ0) is 15.2. The van der Waals surface area contributed by atoms with Crippen molar-refractivity contribution in [1.82, 2.24) is 4.90 Å². The molecule has 1 heterocycles. The Labute approximate surface area is 122 Å². The lowest BCUT2D eigenvalue weighted by Gasteiger charge is -2.13. The largest absolute Gasteiger partial charge is 0.496 e. The third-order valence-corrected chi connectivity index (χ3v) is 3.06. The molecule has 0 aromatic heterocycles. The summed E-state index contributed by atoms with van der Waals surface area (Å²) < 4.78 is 5.25. The van der Waals surface area contributed by atoms with Crippen molar-refractivity contribution in [2.24, 2.45) is 10.1 Å². The number of para-hydroxylation sites is 1. The van der Waals surface area contributed by atoms with Gasteiger partial charge in [0.25, 0.3) is 5.91 Å². The van der Waals surface area contributed by atoms with Crippen molar-refractivity contribution in [3.8, 4) is 5.75 Å². The predicted octanol–water partition coefficient (Wildman–Crippen LogP) is 2.61. The van der Waals surface area contributed by atoms with Crippen molar-refractivity contribution < 1.29 is 9.53 Å². The van der Waals surface area contributed by atoms with Gasteiger partial charge in [-0.2, -0.15) is 0 Å². The topological polar surface area (TPSA) is 90.7 Å². The van der Waals surface area contributed by atoms with Crippen molar-refractivity contribution in [2.75, 3.05) is 20.2 Å². The van der Waals surface area contributed by atoms with Crippen LogP contribution in [0.2, 0.25) is 0 Å². The van der Waals surface area contributed by atoms with E-state index in [0.29, 0.717) is 23.8 Å². The number of carbonyl (C=O) groups excluding carboxylic acids is 1. The number of carbonyl (C=O) groups is 1. The molecule has 21 heavy (non-hydrogen) atoms. The number of hydrogen-bond acceptors (Lipinski definition) is 4. The second kappa shape index (κ2) is 6.58. The highest BCUT2D eigenvalue weighted by Crippen LogP contribution is 2.24. The third-order valence-electron chi connectivity index (χ3n) is 3.06. The molecule has 0 N–H and O–H groups in total. The first-order chi connectivity index (χ1) is 10.2. The Morgan fingerprint density at radius 1 is 1.48 bits per heavy atom. The lowest BCUT2D eigenvalue weighted by atomic mass is 10.1. The van der Waals surface area contributed by atoms with Crippen LogP contribution < -0.4 is 4.74 Å². The predicted molar refractivity (Wildman–Crippen MR) is 79.8 cm³/mol. The Balaban J connectivity index is 2.24. The first-order valence-electron chi connectivity index (χ1n) is 6.40. The van der Waals surface area contributed by atoms with Gasteiger partial charge in [0, 0.05) is 23.6 Å². The van der Waals surface area contributed by atoms with Gasteiger partial charge >= 0.3 is 0 Å². The van der Waals surface area contributed by atoms with Crippen molar-refractivity contribution in [3.63, 3.8) is 0 Å². The molecular formula is C14H15N5O2. The molecule has 1 aliphatic rings. The van der Waals surface area contributed by atoms with Crippen LogP contribution >= 0.6 is 0 Å². The fraction of sp³-hybridized carbons (Fsp3) is 0.286. The summed E-state index contributed by atoms with van der Waals surface area (Å²) in [6, 6.07) is 7.40. The molecule has 1 aromatic rings. The highest BCUT2D eigenvalue weighted by molar-refractivity contribution is 6.13. The number of hydrogen-bond donors (Lipinski definition) is 0. The summed E-state index contributed by atoms with van der Waals surface area (Å²) in [5, 5.41) is 3.43. The van der Waals surface area contributed by atoms with E-state index in [0.717, 1.165) is 5.56 Å². The van der Waals surface area contributed by atoms with Crippen LogP contribution in [0.5, 0.6) is 5.75 Å². The molecule has 7 nitrogen and oxygen atoms in total. The average molecular weight is 285 g/mol. The fourth-order valence-corrected chi connectivity index (χ4v) is 2.05. The maximum Gasteiger partial charge on any atom is 0.277 e. The highest BCUT2D eigenvalue weighted by Gasteiger charge is 2.26. The number of benzene rings is 1. The molecule has 108 valence electrons. The average Bonchev–Trinajstić information content (AvgIpc) is 2.75. The van der Waals surface area contributed by atoms with Crippen molar-refractivity contribution in [3.05, 3.63) is 46.0 Å². The van der Waals surface area contributed by atoms with Gasteiger partial charge in [0.2, 0.25) is 0 Å². The molecule has 1 aromatic carbocycles. The standard InChI is InChI=1S/C14H15N5O2/c1-10-17-12(14(20)19(10)8-7-16-18-15)9-11-5-3-4-6-13(11)21-2/h3-6,9H,7-8H2,1-2H3/b12-9-. The molecule has 7 heteroatoms. The van der Waals surface area contributed by atoms with Gasteiger partial charge in [-0.1, -0.05) is 23.3 Å². The summed E-state index contributed by atoms with van der Waals surface area (Å²) in [5.41, 5.74) is 9.41. The number of ether oxygens (including phenoxy) is 1. The number of rotatable bonds is 5. The molecule has 0 saturated heterocycles. The highest BCUT2D eigenvalue weighted by atomic mass is 16.5. The lowest BCUT2D eigenvalue weighted by molar-refractivity contribution is -0.122. The number of nitrogens with zero attached hydrogens (tertiary/aromatic N) is 5. The summed E-state index contributed by atoms with van der Waals surface area (Å²) in [7, 11) is 1.58. The summed E-state index contributed by atoms with van der Waals surface area (Å²) in [5.74, 6) is 1.07. The molecule has 0 aliphatic carbocycles. The minimum atomic E-state index is -0.202. The van der Waals surface area contributed by atoms with Crippen molar-refractivity contribution >= 4 is 17.8 Å². The molecule has 2 rings (SSSR count). The van der Waals surface area contributed by atoms with Crippen molar-refractivity contribution in [2.45, 2.75) is 6.92 Å². The molecule has 0 fully saturated rings. The van der Waals surface area contributed by atoms with Crippen LogP contribution in [-0.4, -0.2) is 36.8 Å². The van der Waals surface area contributed by atoms with E-state index in [-0.39, 0.29) is 12.5 Å². The van der Waals surface area contributed by atoms with Crippen LogP contribution in [-0.2, 0) is 4.79 Å². The van der Waals surface area contributed by atoms with E-state index in [1.54, 1.807) is 20.1 Å². The van der Waals surface area contributed by atoms with Gasteiger partial charge in [0.05, 0.1) is 7.11 Å². The summed E-state index contributed by atoms with van der Waals surface area (Å²) in [4.78, 5) is 20.7. The van der Waals surface area contributed by atoms with E-state index in [1.807, 2.05) is 24.3 Å². The van der Waals surface area contributed by atoms with Gasteiger partial charge < -0.3 is 4.74 Å². The number of azide groups is 1. The zero-order valence-electron chi connectivity index (χ0n) is 11.9. The van der Waals surface area contributed by atoms with Crippen molar-refractivity contribution in [1.29, 1.82) is 0 Å². The summed E-state index contributed by atoms with van der Waals surface area (Å²) >= 11 is 0. The quantitative estimate of drug-likeness (QED) is 0.360. The lowest BCUT2D eigenvalue weighted by Crippen LogP contribution is -2.32. The van der Waals surface area contributed by atoms with Gasteiger partial charge in [0.15, 0.2) is 0 Å². The number of methoxy groups -OCH3 is 1. The van der Waals surface area contributed by atoms with Gasteiger partial charge in [-0.05, 0) is 24.6 Å². The second-order valence-corrected chi connectivity index (χ2v) is 4.34. The van der Waals surface area contributed by atoms with Gasteiger partial charge in [0.1, 0.15) is 17.3 Å². The Bertz CT molecular complexity index is 659. The summed E-state index contributed by atoms with van der Waals surface area (Å²) in [6.07, 6.45) is 1.69. The van der Waals surface area contributed by atoms with E-state index in [2.05, 4.69) is 15.0 Å². The molecule has 0 radical (unpaired) electrons. The first-order valence-corrected chi connectivity index (χ1v) is 6.40. The minimum Gasteiger partial charge on any atom is -0.496 e. The maximum absolute atomic E-state index is 12.3. The Morgan fingerprint density at radius 3 is 2.95 bits per heavy atom. The van der Waals surface area contributed by atoms with E-state index in [4.69, 9.17) is 10.3 Å².